The van der Waals surface area contributed by atoms with E-state index in [0.29, 0.717) is 30.4 Å². The van der Waals surface area contributed by atoms with Gasteiger partial charge in [0.1, 0.15) is 23.8 Å². The number of carboxylic acid groups (broad SMARTS) is 2. The molecule has 1 fully saturated rings. The number of nitrogens with one attached hydrogen (secondary N) is 6. The van der Waals surface area contributed by atoms with Crippen LogP contribution in [-0.4, -0.2) is 83.5 Å². The highest BCUT2D eigenvalue weighted by molar-refractivity contribution is 6.02. The van der Waals surface area contributed by atoms with E-state index in [2.05, 4.69) is 21.3 Å². The van der Waals surface area contributed by atoms with Gasteiger partial charge in [-0.25, -0.2) is 9.59 Å². The average Bonchev–Trinajstić information content (AvgIpc) is 2.99. The lowest BCUT2D eigenvalue weighted by Gasteiger charge is -2.32. The minimum Gasteiger partial charge on any atom is -0.480 e. The highest BCUT2D eigenvalue weighted by atomic mass is 19.4. The minimum absolute atomic E-state index is 0.0591. The van der Waals surface area contributed by atoms with Crippen molar-refractivity contribution in [3.8, 4) is 0 Å². The van der Waals surface area contributed by atoms with E-state index in [1.165, 1.54) is 7.05 Å². The van der Waals surface area contributed by atoms with Crippen LogP contribution in [0.15, 0.2) is 24.3 Å². The van der Waals surface area contributed by atoms with Gasteiger partial charge in [-0.1, -0.05) is 43.5 Å². The summed E-state index contributed by atoms with van der Waals surface area (Å²) in [5, 5.41) is 41.9. The number of carbonyl (C=O) groups is 5. The van der Waals surface area contributed by atoms with Gasteiger partial charge in [0.15, 0.2) is 5.96 Å². The Morgan fingerprint density at radius 3 is 1.96 bits per heavy atom. The van der Waals surface area contributed by atoms with Gasteiger partial charge in [-0.05, 0) is 43.6 Å². The van der Waals surface area contributed by atoms with Gasteiger partial charge in [0.05, 0.1) is 0 Å². The van der Waals surface area contributed by atoms with E-state index in [1.54, 1.807) is 24.3 Å². The van der Waals surface area contributed by atoms with Crippen molar-refractivity contribution in [3.63, 3.8) is 0 Å². The van der Waals surface area contributed by atoms with Gasteiger partial charge in [0.25, 0.3) is 0 Å². The molecule has 1 saturated carbocycles. The van der Waals surface area contributed by atoms with Gasteiger partial charge in [-0.3, -0.25) is 25.2 Å². The molecule has 12 N–H and O–H groups in total. The lowest BCUT2D eigenvalue weighted by molar-refractivity contribution is -0.192. The van der Waals surface area contributed by atoms with Crippen LogP contribution in [0.25, 0.3) is 0 Å². The van der Waals surface area contributed by atoms with Gasteiger partial charge in [0, 0.05) is 19.2 Å². The molecule has 0 spiro atoms. The Morgan fingerprint density at radius 2 is 1.50 bits per heavy atom. The van der Waals surface area contributed by atoms with Crippen molar-refractivity contribution in [2.45, 2.75) is 69.6 Å². The van der Waals surface area contributed by atoms with Gasteiger partial charge in [-0.15, -0.1) is 0 Å². The van der Waals surface area contributed by atoms with Crippen molar-refractivity contribution in [2.75, 3.05) is 13.6 Å². The molecule has 1 aliphatic carbocycles. The zero-order valence-corrected chi connectivity index (χ0v) is 25.2. The summed E-state index contributed by atoms with van der Waals surface area (Å²) in [5.41, 5.74) is 11.9. The van der Waals surface area contributed by atoms with Crippen LogP contribution in [0.4, 0.5) is 13.2 Å². The number of aliphatic carboxylic acids is 2. The predicted molar refractivity (Wildman–Crippen MR) is 160 cm³/mol. The highest BCUT2D eigenvalue weighted by Gasteiger charge is 2.38. The molecule has 1 aromatic rings. The summed E-state index contributed by atoms with van der Waals surface area (Å²) in [6.45, 7) is 0.277. The van der Waals surface area contributed by atoms with Gasteiger partial charge >= 0.3 is 18.1 Å². The van der Waals surface area contributed by atoms with Crippen LogP contribution < -0.4 is 32.7 Å². The topological polar surface area (TPSA) is 274 Å². The highest BCUT2D eigenvalue weighted by Crippen LogP contribution is 2.27. The summed E-state index contributed by atoms with van der Waals surface area (Å²) in [5.74, 6) is -7.39. The maximum atomic E-state index is 13.4. The third kappa shape index (κ3) is 13.8. The number of carboxylic acids is 2. The predicted octanol–water partition coefficient (Wildman–Crippen LogP) is 0.406. The molecule has 0 aliphatic heterocycles. The van der Waals surface area contributed by atoms with E-state index in [1.807, 2.05) is 0 Å². The monoisotopic (exact) mass is 658 g/mol. The van der Waals surface area contributed by atoms with Crippen molar-refractivity contribution in [1.82, 2.24) is 21.3 Å². The van der Waals surface area contributed by atoms with Crippen LogP contribution >= 0.6 is 0 Å². The first-order valence-corrected chi connectivity index (χ1v) is 14.3. The van der Waals surface area contributed by atoms with Crippen LogP contribution in [0, 0.1) is 22.7 Å². The number of rotatable bonds is 14. The van der Waals surface area contributed by atoms with Gasteiger partial charge in [0.2, 0.25) is 17.7 Å². The second-order valence-corrected chi connectivity index (χ2v) is 10.6. The Balaban J connectivity index is 0.00000135. The summed E-state index contributed by atoms with van der Waals surface area (Å²) in [6, 6.07) is 4.44. The van der Waals surface area contributed by atoms with Crippen LogP contribution in [0.2, 0.25) is 0 Å². The lowest BCUT2D eigenvalue weighted by atomic mass is 9.83. The first kappa shape index (κ1) is 39.1. The van der Waals surface area contributed by atoms with Crippen molar-refractivity contribution >= 4 is 41.5 Å². The molecule has 3 atom stereocenters. The molecule has 0 saturated heterocycles. The lowest BCUT2D eigenvalue weighted by Crippen LogP contribution is -2.57. The van der Waals surface area contributed by atoms with Gasteiger partial charge in [-0.2, -0.15) is 13.2 Å². The van der Waals surface area contributed by atoms with Crippen molar-refractivity contribution < 1.29 is 47.4 Å². The molecular weight excluding hydrogens is 617 g/mol. The van der Waals surface area contributed by atoms with E-state index in [4.69, 9.17) is 32.2 Å². The Bertz CT molecular complexity index is 1240. The molecule has 46 heavy (non-hydrogen) atoms. The molecule has 18 heteroatoms. The average molecular weight is 659 g/mol. The van der Waals surface area contributed by atoms with E-state index >= 15 is 0 Å². The standard InChI is InChI=1S/C26H40N8O5.C2HF3O2/c1-31-22(35)18(14-15-9-11-17(12-10-15)21(27)28)23(36)34-20(16-6-3-2-4-7-16)24(37)33-19(25(38)39)8-5-13-32-26(29)30;3-2(4,5)1(6)7/h9-12,16,18-20H,2-8,13-14H2,1H3,(H3,27,28)(H,31,35)(H,33,37)(H,34,36)(H,38,39)(H4,29,30,32);(H,6,7)/t18?,19-,20-;/m0./s1. The van der Waals surface area contributed by atoms with E-state index < -0.39 is 53.8 Å². The molecule has 1 aliphatic rings. The van der Waals surface area contributed by atoms with E-state index in [9.17, 15) is 37.5 Å². The second-order valence-electron chi connectivity index (χ2n) is 10.6. The fourth-order valence-electron chi connectivity index (χ4n) is 4.70. The number of benzene rings is 1. The molecule has 1 unspecified atom stereocenters. The fourth-order valence-corrected chi connectivity index (χ4v) is 4.70. The number of halogens is 3. The van der Waals surface area contributed by atoms with Crippen LogP contribution in [0.3, 0.4) is 0 Å². The number of hydrogen-bond donors (Lipinski definition) is 10. The van der Waals surface area contributed by atoms with E-state index in [-0.39, 0.29) is 37.1 Å². The zero-order valence-electron chi connectivity index (χ0n) is 25.2. The van der Waals surface area contributed by atoms with Crippen LogP contribution in [0.5, 0.6) is 0 Å². The first-order chi connectivity index (χ1) is 21.5. The maximum Gasteiger partial charge on any atom is 0.490 e. The first-order valence-electron chi connectivity index (χ1n) is 14.3. The summed E-state index contributed by atoms with van der Waals surface area (Å²) in [6.07, 6.45) is -0.427. The fraction of sp³-hybridized carbons (Fsp3) is 0.536. The summed E-state index contributed by atoms with van der Waals surface area (Å²) >= 11 is 0. The molecule has 1 aromatic carbocycles. The molecule has 15 nitrogen and oxygen atoms in total. The largest absolute Gasteiger partial charge is 0.490 e. The molecule has 0 aromatic heterocycles. The summed E-state index contributed by atoms with van der Waals surface area (Å²) in [4.78, 5) is 60.2. The molecule has 3 amide bonds. The Hall–Kier alpha value is -4.90. The van der Waals surface area contributed by atoms with Crippen molar-refractivity contribution in [1.29, 1.82) is 10.8 Å². The van der Waals surface area contributed by atoms with Gasteiger partial charge < -0.3 is 42.9 Å². The van der Waals surface area contributed by atoms with Crippen LogP contribution in [0.1, 0.15) is 56.1 Å². The van der Waals surface area contributed by atoms with Crippen molar-refractivity contribution in [3.05, 3.63) is 35.4 Å². The number of alkyl halides is 3. The molecular formula is C28H41F3N8O7. The molecule has 256 valence electrons. The Morgan fingerprint density at radius 1 is 0.935 bits per heavy atom. The minimum atomic E-state index is -5.08. The zero-order chi connectivity index (χ0) is 35.0. The molecule has 0 heterocycles. The second kappa shape index (κ2) is 18.8. The maximum absolute atomic E-state index is 13.4. The number of nitrogen functional groups attached to an aromatic ring is 1. The van der Waals surface area contributed by atoms with Crippen molar-refractivity contribution in [2.24, 2.45) is 23.3 Å². The SMILES string of the molecule is CNC(=O)C(Cc1ccc(C(=N)N)cc1)C(=O)N[C@H](C(=O)N[C@@H](CCCNC(=N)N)C(=O)O)C1CCCCC1.O=C(O)C(F)(F)F. The molecule has 2 rings (SSSR count). The Kier molecular flexibility index (Phi) is 16.0. The normalized spacial score (nSPS) is 15.0. The quantitative estimate of drug-likeness (QED) is 0.0569. The third-order valence-corrected chi connectivity index (χ3v) is 7.13. The van der Waals surface area contributed by atoms with Crippen LogP contribution in [-0.2, 0) is 30.4 Å². The summed E-state index contributed by atoms with van der Waals surface area (Å²) in [7, 11) is 1.42. The number of amides is 3. The number of carbonyl (C=O) groups excluding carboxylic acids is 3. The van der Waals surface area contributed by atoms with E-state index in [0.717, 1.165) is 19.3 Å². The smallest absolute Gasteiger partial charge is 0.480 e. The summed E-state index contributed by atoms with van der Waals surface area (Å²) < 4.78 is 31.7. The number of nitrogens with two attached hydrogens (primary N) is 2. The molecule has 0 bridgehead atoms. The number of amidine groups is 1. The molecule has 0 radical (unpaired) electrons. The Labute approximate surface area is 263 Å². The third-order valence-electron chi connectivity index (χ3n) is 7.13. The number of hydrogen-bond acceptors (Lipinski definition) is 7. The number of guanidine groups is 1.